The van der Waals surface area contributed by atoms with E-state index in [2.05, 4.69) is 16.9 Å². The van der Waals surface area contributed by atoms with E-state index in [0.29, 0.717) is 18.2 Å². The van der Waals surface area contributed by atoms with Crippen molar-refractivity contribution in [2.75, 3.05) is 34.3 Å². The third-order valence-corrected chi connectivity index (χ3v) is 4.05. The molecule has 0 unspecified atom stereocenters. The normalized spacial score (nSPS) is 23.0. The Hall–Kier alpha value is -1.46. The van der Waals surface area contributed by atoms with Gasteiger partial charge in [0.15, 0.2) is 0 Å². The van der Waals surface area contributed by atoms with Gasteiger partial charge in [0.2, 0.25) is 0 Å². The number of likely N-dealkylation sites (tertiary alicyclic amines) is 1. The molecule has 0 aliphatic carbocycles. The molecule has 1 fully saturated rings. The molecule has 0 aromatic carbocycles. The second-order valence-electron chi connectivity index (χ2n) is 5.51. The zero-order chi connectivity index (χ0) is 14.7. The molecule has 0 bridgehead atoms. The Labute approximate surface area is 120 Å². The summed E-state index contributed by atoms with van der Waals surface area (Å²) in [5, 5.41) is 0. The summed E-state index contributed by atoms with van der Waals surface area (Å²) in [4.78, 5) is 20.7. The molecule has 2 rings (SSSR count). The van der Waals surface area contributed by atoms with Crippen LogP contribution in [0.3, 0.4) is 0 Å². The lowest BCUT2D eigenvalue weighted by molar-refractivity contribution is 0.0759. The second-order valence-corrected chi connectivity index (χ2v) is 5.51. The lowest BCUT2D eigenvalue weighted by Gasteiger charge is -2.25. The van der Waals surface area contributed by atoms with Crippen molar-refractivity contribution >= 4 is 5.91 Å². The average molecular weight is 277 g/mol. The molecule has 0 radical (unpaired) electrons. The molecule has 0 N–H and O–H groups in total. The number of amides is 1. The number of aromatic nitrogens is 1. The van der Waals surface area contributed by atoms with Crippen LogP contribution in [0.25, 0.3) is 0 Å². The Kier molecular flexibility index (Phi) is 4.73. The number of methoxy groups -OCH3 is 1. The lowest BCUT2D eigenvalue weighted by Crippen LogP contribution is -2.39. The van der Waals surface area contributed by atoms with Gasteiger partial charge < -0.3 is 9.64 Å². The summed E-state index contributed by atoms with van der Waals surface area (Å²) in [6.07, 6.45) is 2.95. The van der Waals surface area contributed by atoms with E-state index < -0.39 is 0 Å². The van der Waals surface area contributed by atoms with Crippen LogP contribution in [0, 0.1) is 6.92 Å². The van der Waals surface area contributed by atoms with E-state index in [1.165, 1.54) is 0 Å². The van der Waals surface area contributed by atoms with Gasteiger partial charge in [-0.2, -0.15) is 0 Å². The molecule has 1 aromatic heterocycles. The van der Waals surface area contributed by atoms with Gasteiger partial charge >= 0.3 is 0 Å². The smallest absolute Gasteiger partial charge is 0.255 e. The summed E-state index contributed by atoms with van der Waals surface area (Å²) in [5.41, 5.74) is 1.46. The fraction of sp³-hybridized carbons (Fsp3) is 0.600. The molecule has 5 nitrogen and oxygen atoms in total. The van der Waals surface area contributed by atoms with Crippen LogP contribution in [-0.4, -0.2) is 67.1 Å². The number of ether oxygens (including phenoxy) is 1. The van der Waals surface area contributed by atoms with Crippen LogP contribution < -0.4 is 0 Å². The SMILES string of the molecule is CO[C@H]1C[C@@H](CN(C)C(=O)c2cccnc2C)N(C)C1. The summed E-state index contributed by atoms with van der Waals surface area (Å²) in [6, 6.07) is 3.99. The van der Waals surface area contributed by atoms with Gasteiger partial charge in [0.1, 0.15) is 0 Å². The first-order valence-corrected chi connectivity index (χ1v) is 6.93. The van der Waals surface area contributed by atoms with Crippen molar-refractivity contribution in [2.45, 2.75) is 25.5 Å². The van der Waals surface area contributed by atoms with Crippen LogP contribution in [0.4, 0.5) is 0 Å². The maximum Gasteiger partial charge on any atom is 0.255 e. The number of rotatable bonds is 4. The lowest BCUT2D eigenvalue weighted by atomic mass is 10.1. The van der Waals surface area contributed by atoms with Gasteiger partial charge in [0.05, 0.1) is 11.7 Å². The number of carbonyl (C=O) groups is 1. The summed E-state index contributed by atoms with van der Waals surface area (Å²) in [6.45, 7) is 3.50. The number of carbonyl (C=O) groups excluding carboxylic acids is 1. The number of aryl methyl sites for hydroxylation is 1. The van der Waals surface area contributed by atoms with Crippen molar-refractivity contribution < 1.29 is 9.53 Å². The third-order valence-electron chi connectivity index (χ3n) is 4.05. The molecule has 1 amide bonds. The van der Waals surface area contributed by atoms with Gasteiger partial charge in [-0.25, -0.2) is 0 Å². The van der Waals surface area contributed by atoms with Crippen molar-refractivity contribution in [1.29, 1.82) is 0 Å². The Bertz CT molecular complexity index is 478. The number of hydrogen-bond acceptors (Lipinski definition) is 4. The van der Waals surface area contributed by atoms with E-state index in [4.69, 9.17) is 4.74 Å². The Morgan fingerprint density at radius 3 is 2.95 bits per heavy atom. The number of likely N-dealkylation sites (N-methyl/N-ethyl adjacent to an activating group) is 2. The second kappa shape index (κ2) is 6.33. The molecule has 1 aliphatic rings. The maximum atomic E-state index is 12.4. The summed E-state index contributed by atoms with van der Waals surface area (Å²) in [7, 11) is 5.68. The van der Waals surface area contributed by atoms with Gasteiger partial charge in [0, 0.05) is 45.2 Å². The van der Waals surface area contributed by atoms with E-state index in [-0.39, 0.29) is 12.0 Å². The zero-order valence-electron chi connectivity index (χ0n) is 12.7. The maximum absolute atomic E-state index is 12.4. The molecular formula is C15H23N3O2. The highest BCUT2D eigenvalue weighted by Crippen LogP contribution is 2.19. The monoisotopic (exact) mass is 277 g/mol. The van der Waals surface area contributed by atoms with Crippen LogP contribution in [0.15, 0.2) is 18.3 Å². The molecule has 1 aromatic rings. The van der Waals surface area contributed by atoms with Gasteiger partial charge in [-0.3, -0.25) is 14.7 Å². The van der Waals surface area contributed by atoms with Crippen LogP contribution >= 0.6 is 0 Å². The predicted molar refractivity (Wildman–Crippen MR) is 77.8 cm³/mol. The van der Waals surface area contributed by atoms with Crippen molar-refractivity contribution in [3.8, 4) is 0 Å². The fourth-order valence-corrected chi connectivity index (χ4v) is 2.73. The fourth-order valence-electron chi connectivity index (χ4n) is 2.73. The highest BCUT2D eigenvalue weighted by atomic mass is 16.5. The third kappa shape index (κ3) is 3.16. The van der Waals surface area contributed by atoms with Gasteiger partial charge in [0.25, 0.3) is 5.91 Å². The quantitative estimate of drug-likeness (QED) is 0.829. The van der Waals surface area contributed by atoms with Crippen molar-refractivity contribution in [3.63, 3.8) is 0 Å². The summed E-state index contributed by atoms with van der Waals surface area (Å²) in [5.74, 6) is 0.0323. The number of nitrogens with zero attached hydrogens (tertiary/aromatic N) is 3. The zero-order valence-corrected chi connectivity index (χ0v) is 12.7. The highest BCUT2D eigenvalue weighted by Gasteiger charge is 2.31. The molecule has 1 saturated heterocycles. The van der Waals surface area contributed by atoms with Crippen LogP contribution in [0.2, 0.25) is 0 Å². The number of hydrogen-bond donors (Lipinski definition) is 0. The molecule has 0 saturated carbocycles. The molecule has 5 heteroatoms. The van der Waals surface area contributed by atoms with E-state index in [0.717, 1.165) is 18.7 Å². The minimum absolute atomic E-state index is 0.0323. The summed E-state index contributed by atoms with van der Waals surface area (Å²) < 4.78 is 5.40. The first-order valence-electron chi connectivity index (χ1n) is 6.93. The topological polar surface area (TPSA) is 45.7 Å². The van der Waals surface area contributed by atoms with E-state index >= 15 is 0 Å². The predicted octanol–water partition coefficient (Wildman–Crippen LogP) is 1.18. The van der Waals surface area contributed by atoms with Crippen LogP contribution in [-0.2, 0) is 4.74 Å². The Morgan fingerprint density at radius 1 is 1.60 bits per heavy atom. The minimum Gasteiger partial charge on any atom is -0.380 e. The molecule has 20 heavy (non-hydrogen) atoms. The molecule has 0 spiro atoms. The minimum atomic E-state index is 0.0323. The van der Waals surface area contributed by atoms with E-state index in [1.807, 2.05) is 20.0 Å². The van der Waals surface area contributed by atoms with Crippen LogP contribution in [0.5, 0.6) is 0 Å². The first kappa shape index (κ1) is 14.9. The molecule has 110 valence electrons. The van der Waals surface area contributed by atoms with E-state index in [9.17, 15) is 4.79 Å². The van der Waals surface area contributed by atoms with Crippen molar-refractivity contribution in [3.05, 3.63) is 29.6 Å². The molecule has 2 atom stereocenters. The van der Waals surface area contributed by atoms with Crippen LogP contribution in [0.1, 0.15) is 22.5 Å². The Morgan fingerprint density at radius 2 is 2.35 bits per heavy atom. The van der Waals surface area contributed by atoms with E-state index in [1.54, 1.807) is 24.3 Å². The van der Waals surface area contributed by atoms with Gasteiger partial charge in [-0.05, 0) is 32.5 Å². The Balaban J connectivity index is 2.00. The molecular weight excluding hydrogens is 254 g/mol. The number of pyridine rings is 1. The van der Waals surface area contributed by atoms with Gasteiger partial charge in [-0.15, -0.1) is 0 Å². The summed E-state index contributed by atoms with van der Waals surface area (Å²) >= 11 is 0. The van der Waals surface area contributed by atoms with Crippen molar-refractivity contribution in [1.82, 2.24) is 14.8 Å². The van der Waals surface area contributed by atoms with Gasteiger partial charge in [-0.1, -0.05) is 0 Å². The molecule has 2 heterocycles. The first-order chi connectivity index (χ1) is 9.52. The largest absolute Gasteiger partial charge is 0.380 e. The molecule has 1 aliphatic heterocycles. The standard InChI is InChI=1S/C15H23N3O2/c1-11-14(6-5-7-16-11)15(19)18(3)9-12-8-13(20-4)10-17(12)2/h5-7,12-13H,8-10H2,1-4H3/t12-,13-/m0/s1. The van der Waals surface area contributed by atoms with Crippen molar-refractivity contribution in [2.24, 2.45) is 0 Å². The highest BCUT2D eigenvalue weighted by molar-refractivity contribution is 5.95. The average Bonchev–Trinajstić information content (AvgIpc) is 2.79.